The molecule has 0 saturated carbocycles. The molecule has 9 heteroatoms. The Morgan fingerprint density at radius 3 is 1.97 bits per heavy atom. The standard InChI is InChI=1S/C20H28O7S2/c1-3-5-10-16-14-18(15-11-8-7-9-12-15)20(21,29(25,26)27)19(28(22,23)24)17(16)13-6-4-2/h7-9,11-12,14,19,21H,3-6,10,13H2,1-2H3,(H,22,23,24)(H,25,26,27). The van der Waals surface area contributed by atoms with Gasteiger partial charge in [-0.2, -0.15) is 16.8 Å². The molecule has 29 heavy (non-hydrogen) atoms. The lowest BCUT2D eigenvalue weighted by Crippen LogP contribution is -2.55. The Morgan fingerprint density at radius 2 is 1.48 bits per heavy atom. The second-order valence-corrected chi connectivity index (χ2v) is 10.3. The first-order valence-corrected chi connectivity index (χ1v) is 12.6. The molecule has 0 bridgehead atoms. The average molecular weight is 445 g/mol. The molecular formula is C20H28O7S2. The number of unbranched alkanes of at least 4 members (excludes halogenated alkanes) is 2. The molecule has 0 aliphatic heterocycles. The molecular weight excluding hydrogens is 416 g/mol. The van der Waals surface area contributed by atoms with E-state index >= 15 is 0 Å². The highest BCUT2D eigenvalue weighted by Crippen LogP contribution is 2.47. The Morgan fingerprint density at radius 1 is 0.931 bits per heavy atom. The minimum Gasteiger partial charge on any atom is -0.368 e. The van der Waals surface area contributed by atoms with Gasteiger partial charge in [-0.3, -0.25) is 9.11 Å². The van der Waals surface area contributed by atoms with Crippen molar-refractivity contribution in [2.75, 3.05) is 0 Å². The molecule has 7 nitrogen and oxygen atoms in total. The van der Waals surface area contributed by atoms with Crippen molar-refractivity contribution in [3.05, 3.63) is 53.1 Å². The van der Waals surface area contributed by atoms with Gasteiger partial charge in [0.2, 0.25) is 4.93 Å². The molecule has 2 rings (SSSR count). The van der Waals surface area contributed by atoms with Gasteiger partial charge in [0, 0.05) is 5.57 Å². The first-order chi connectivity index (χ1) is 13.5. The fraction of sp³-hybridized carbons (Fsp3) is 0.500. The van der Waals surface area contributed by atoms with E-state index in [1.165, 1.54) is 18.2 Å². The van der Waals surface area contributed by atoms with Gasteiger partial charge >= 0.3 is 10.1 Å². The lowest BCUT2D eigenvalue weighted by molar-refractivity contribution is 0.166. The molecule has 1 aliphatic rings. The van der Waals surface area contributed by atoms with Crippen LogP contribution in [0.4, 0.5) is 0 Å². The normalized spacial score (nSPS) is 23.2. The van der Waals surface area contributed by atoms with Gasteiger partial charge in [0.05, 0.1) is 0 Å². The van der Waals surface area contributed by atoms with Crippen molar-refractivity contribution in [2.45, 2.75) is 62.6 Å². The van der Waals surface area contributed by atoms with Crippen molar-refractivity contribution in [1.29, 1.82) is 0 Å². The molecule has 0 amide bonds. The van der Waals surface area contributed by atoms with Crippen molar-refractivity contribution in [2.24, 2.45) is 0 Å². The molecule has 3 N–H and O–H groups in total. The average Bonchev–Trinajstić information content (AvgIpc) is 2.64. The van der Waals surface area contributed by atoms with Crippen LogP contribution in [0.25, 0.3) is 5.57 Å². The maximum absolute atomic E-state index is 12.4. The number of aliphatic hydroxyl groups is 1. The van der Waals surface area contributed by atoms with Crippen LogP contribution < -0.4 is 0 Å². The minimum absolute atomic E-state index is 0.127. The lowest BCUT2D eigenvalue weighted by Gasteiger charge is -2.39. The monoisotopic (exact) mass is 444 g/mol. The predicted octanol–water partition coefficient (Wildman–Crippen LogP) is 3.59. The van der Waals surface area contributed by atoms with E-state index in [9.17, 15) is 31.0 Å². The molecule has 1 aromatic rings. The number of benzene rings is 1. The van der Waals surface area contributed by atoms with E-state index in [2.05, 4.69) is 0 Å². The number of allylic oxidation sites excluding steroid dienone is 2. The summed E-state index contributed by atoms with van der Waals surface area (Å²) in [5.41, 5.74) is 0.664. The second-order valence-electron chi connectivity index (χ2n) is 7.25. The molecule has 1 aromatic carbocycles. The van der Waals surface area contributed by atoms with Crippen LogP contribution in [-0.4, -0.2) is 41.2 Å². The largest absolute Gasteiger partial charge is 0.368 e. The quantitative estimate of drug-likeness (QED) is 0.496. The summed E-state index contributed by atoms with van der Waals surface area (Å²) >= 11 is 0. The molecule has 2 unspecified atom stereocenters. The van der Waals surface area contributed by atoms with Gasteiger partial charge < -0.3 is 5.11 Å². The van der Waals surface area contributed by atoms with Gasteiger partial charge in [-0.1, -0.05) is 63.1 Å². The maximum Gasteiger partial charge on any atom is 0.301 e. The zero-order chi connectivity index (χ0) is 21.9. The minimum atomic E-state index is -5.34. The van der Waals surface area contributed by atoms with Crippen LogP contribution in [0.3, 0.4) is 0 Å². The third-order valence-corrected chi connectivity index (χ3v) is 7.78. The van der Waals surface area contributed by atoms with E-state index < -0.39 is 30.4 Å². The topological polar surface area (TPSA) is 129 Å². The maximum atomic E-state index is 12.4. The Bertz CT molecular complexity index is 993. The molecule has 0 fully saturated rings. The predicted molar refractivity (Wildman–Crippen MR) is 112 cm³/mol. The van der Waals surface area contributed by atoms with Crippen LogP contribution in [0.15, 0.2) is 47.6 Å². The van der Waals surface area contributed by atoms with Crippen molar-refractivity contribution in [3.8, 4) is 0 Å². The molecule has 0 aromatic heterocycles. The molecule has 0 spiro atoms. The summed E-state index contributed by atoms with van der Waals surface area (Å²) in [5.74, 6) is 0. The molecule has 0 heterocycles. The Balaban J connectivity index is 2.91. The smallest absolute Gasteiger partial charge is 0.301 e. The fourth-order valence-corrected chi connectivity index (χ4v) is 6.50. The summed E-state index contributed by atoms with van der Waals surface area (Å²) in [6.07, 6.45) is 4.85. The number of rotatable bonds is 9. The van der Waals surface area contributed by atoms with E-state index in [0.717, 1.165) is 6.42 Å². The number of hydrogen-bond acceptors (Lipinski definition) is 5. The van der Waals surface area contributed by atoms with Gasteiger partial charge in [-0.15, -0.1) is 0 Å². The van der Waals surface area contributed by atoms with Crippen LogP contribution in [0.1, 0.15) is 57.9 Å². The molecule has 0 saturated heterocycles. The van der Waals surface area contributed by atoms with Gasteiger partial charge in [0.15, 0.2) is 5.25 Å². The summed E-state index contributed by atoms with van der Waals surface area (Å²) in [4.78, 5) is -3.22. The van der Waals surface area contributed by atoms with Crippen LogP contribution >= 0.6 is 0 Å². The van der Waals surface area contributed by atoms with Crippen LogP contribution in [0, 0.1) is 0 Å². The molecule has 0 radical (unpaired) electrons. The third kappa shape index (κ3) is 4.80. The fourth-order valence-electron chi connectivity index (χ4n) is 3.74. The Labute approximate surface area is 172 Å². The first kappa shape index (κ1) is 23.8. The van der Waals surface area contributed by atoms with E-state index in [1.807, 2.05) is 13.8 Å². The van der Waals surface area contributed by atoms with E-state index in [-0.39, 0.29) is 23.1 Å². The summed E-state index contributed by atoms with van der Waals surface area (Å²) < 4.78 is 69.4. The van der Waals surface area contributed by atoms with E-state index in [1.54, 1.807) is 18.2 Å². The van der Waals surface area contributed by atoms with Crippen LogP contribution in [0.5, 0.6) is 0 Å². The summed E-state index contributed by atoms with van der Waals surface area (Å²) in [5, 5.41) is 9.04. The number of hydrogen-bond donors (Lipinski definition) is 3. The van der Waals surface area contributed by atoms with Crippen molar-refractivity contribution in [1.82, 2.24) is 0 Å². The Hall–Kier alpha value is -1.52. The van der Waals surface area contributed by atoms with Crippen LogP contribution in [0.2, 0.25) is 0 Å². The third-order valence-electron chi connectivity index (χ3n) is 5.16. The van der Waals surface area contributed by atoms with Gasteiger partial charge in [0.1, 0.15) is 0 Å². The molecule has 1 aliphatic carbocycles. The highest BCUT2D eigenvalue weighted by atomic mass is 32.2. The van der Waals surface area contributed by atoms with Crippen LogP contribution in [-0.2, 0) is 20.2 Å². The highest BCUT2D eigenvalue weighted by molar-refractivity contribution is 7.91. The van der Waals surface area contributed by atoms with Gasteiger partial charge in [-0.05, 0) is 42.4 Å². The first-order valence-electron chi connectivity index (χ1n) is 9.63. The van der Waals surface area contributed by atoms with E-state index in [0.29, 0.717) is 31.3 Å². The zero-order valence-corrected chi connectivity index (χ0v) is 18.2. The summed E-state index contributed by atoms with van der Waals surface area (Å²) in [6, 6.07) is 7.91. The van der Waals surface area contributed by atoms with Crippen molar-refractivity contribution in [3.63, 3.8) is 0 Å². The SMILES string of the molecule is CCCCC1=C(CCCC)C(S(=O)(=O)O)C(O)(S(=O)(=O)O)C(c2ccccc2)=C1. The van der Waals surface area contributed by atoms with Crippen molar-refractivity contribution >= 4 is 25.8 Å². The van der Waals surface area contributed by atoms with Gasteiger partial charge in [0.25, 0.3) is 10.1 Å². The van der Waals surface area contributed by atoms with Gasteiger partial charge in [-0.25, -0.2) is 0 Å². The zero-order valence-electron chi connectivity index (χ0n) is 16.6. The summed E-state index contributed by atoms with van der Waals surface area (Å²) in [6.45, 7) is 3.85. The summed E-state index contributed by atoms with van der Waals surface area (Å²) in [7, 11) is -10.4. The molecule has 162 valence electrons. The molecule has 2 atom stereocenters. The van der Waals surface area contributed by atoms with Crippen molar-refractivity contribution < 1.29 is 31.0 Å². The second kappa shape index (κ2) is 9.09. The van der Waals surface area contributed by atoms with E-state index in [4.69, 9.17) is 0 Å². The highest BCUT2D eigenvalue weighted by Gasteiger charge is 2.60. The lowest BCUT2D eigenvalue weighted by atomic mass is 9.82. The Kier molecular flexibility index (Phi) is 7.45.